The zero-order valence-corrected chi connectivity index (χ0v) is 14.8. The quantitative estimate of drug-likeness (QED) is 0.738. The predicted molar refractivity (Wildman–Crippen MR) is 102 cm³/mol. The molecular weight excluding hydrogens is 350 g/mol. The lowest BCUT2D eigenvalue weighted by Gasteiger charge is -2.27. The number of rotatable bonds is 4. The molecule has 4 rings (SSSR count). The number of nitrogens with one attached hydrogen (secondary N) is 1. The molecular formula is C20H16ClN3O2. The van der Waals surface area contributed by atoms with Gasteiger partial charge in [0, 0.05) is 22.3 Å². The highest BCUT2D eigenvalue weighted by atomic mass is 35.5. The summed E-state index contributed by atoms with van der Waals surface area (Å²) < 4.78 is 5.43. The molecule has 0 spiro atoms. The van der Waals surface area contributed by atoms with Crippen LogP contribution < -0.4 is 15.0 Å². The monoisotopic (exact) mass is 365 g/mol. The van der Waals surface area contributed by atoms with Gasteiger partial charge in [0.1, 0.15) is 11.9 Å². The Bertz CT molecular complexity index is 962. The fraction of sp³-hybridized carbons (Fsp3) is 0.100. The lowest BCUT2D eigenvalue weighted by atomic mass is 10.1. The Labute approximate surface area is 156 Å². The highest BCUT2D eigenvalue weighted by Crippen LogP contribution is 2.39. The van der Waals surface area contributed by atoms with E-state index in [-0.39, 0.29) is 5.91 Å². The molecule has 0 bridgehead atoms. The van der Waals surface area contributed by atoms with Gasteiger partial charge in [-0.15, -0.1) is 0 Å². The van der Waals surface area contributed by atoms with Crippen LogP contribution in [0.5, 0.6) is 5.75 Å². The van der Waals surface area contributed by atoms with Crippen LogP contribution in [-0.4, -0.2) is 18.0 Å². The molecule has 0 fully saturated rings. The van der Waals surface area contributed by atoms with Crippen molar-refractivity contribution in [1.82, 2.24) is 4.98 Å². The Kier molecular flexibility index (Phi) is 4.22. The van der Waals surface area contributed by atoms with Gasteiger partial charge >= 0.3 is 0 Å². The molecule has 0 unspecified atom stereocenters. The van der Waals surface area contributed by atoms with Gasteiger partial charge in [0.25, 0.3) is 5.91 Å². The maximum absolute atomic E-state index is 13.0. The molecule has 0 radical (unpaired) electrons. The molecule has 1 N–H and O–H groups in total. The summed E-state index contributed by atoms with van der Waals surface area (Å²) in [6, 6.07) is 16.6. The number of ether oxygens (including phenoxy) is 1. The third-order valence-electron chi connectivity index (χ3n) is 4.34. The number of fused-ring (bicyclic) bond motifs is 1. The number of amides is 1. The molecule has 26 heavy (non-hydrogen) atoms. The third kappa shape index (κ3) is 2.76. The smallest absolute Gasteiger partial charge is 0.260 e. The number of pyridine rings is 1. The summed E-state index contributed by atoms with van der Waals surface area (Å²) in [5.74, 6) is 0.574. The Morgan fingerprint density at radius 3 is 2.77 bits per heavy atom. The molecule has 3 aromatic rings. The highest BCUT2D eigenvalue weighted by Gasteiger charge is 2.38. The first-order valence-corrected chi connectivity index (χ1v) is 8.49. The van der Waals surface area contributed by atoms with Crippen LogP contribution in [0.1, 0.15) is 22.1 Å². The number of nitrogens with zero attached hydrogens (tertiary/aromatic N) is 2. The number of aromatic nitrogens is 1. The summed E-state index contributed by atoms with van der Waals surface area (Å²) in [5, 5.41) is 3.99. The van der Waals surface area contributed by atoms with Crippen molar-refractivity contribution >= 4 is 28.9 Å². The third-order valence-corrected chi connectivity index (χ3v) is 4.58. The fourth-order valence-corrected chi connectivity index (χ4v) is 3.33. The molecule has 1 atom stereocenters. The number of hydrogen-bond donors (Lipinski definition) is 1. The lowest BCUT2D eigenvalue weighted by Crippen LogP contribution is -2.32. The second-order valence-electron chi connectivity index (χ2n) is 5.87. The highest BCUT2D eigenvalue weighted by molar-refractivity contribution is 6.31. The number of hydrogen-bond acceptors (Lipinski definition) is 4. The number of carbonyl (C=O) groups is 1. The lowest BCUT2D eigenvalue weighted by molar-refractivity contribution is 0.0993. The van der Waals surface area contributed by atoms with Gasteiger partial charge in [-0.2, -0.15) is 0 Å². The Hall–Kier alpha value is -3.05. The van der Waals surface area contributed by atoms with E-state index in [0.29, 0.717) is 27.7 Å². The van der Waals surface area contributed by atoms with Crippen LogP contribution in [0.4, 0.5) is 11.4 Å². The molecule has 1 amide bonds. The van der Waals surface area contributed by atoms with Crippen molar-refractivity contribution in [2.24, 2.45) is 0 Å². The van der Waals surface area contributed by atoms with Crippen molar-refractivity contribution in [2.75, 3.05) is 17.3 Å². The number of halogens is 1. The van der Waals surface area contributed by atoms with E-state index in [1.165, 1.54) is 0 Å². The van der Waals surface area contributed by atoms with Crippen molar-refractivity contribution in [3.05, 3.63) is 83.1 Å². The molecule has 0 aliphatic carbocycles. The fourth-order valence-electron chi connectivity index (χ4n) is 3.16. The van der Waals surface area contributed by atoms with E-state index >= 15 is 0 Å². The molecule has 1 aliphatic heterocycles. The van der Waals surface area contributed by atoms with Gasteiger partial charge in [-0.3, -0.25) is 14.7 Å². The van der Waals surface area contributed by atoms with Gasteiger partial charge in [-0.1, -0.05) is 29.8 Å². The van der Waals surface area contributed by atoms with E-state index in [9.17, 15) is 4.79 Å². The minimum Gasteiger partial charge on any atom is -0.495 e. The predicted octanol–water partition coefficient (Wildman–Crippen LogP) is 4.51. The van der Waals surface area contributed by atoms with E-state index in [1.54, 1.807) is 42.6 Å². The van der Waals surface area contributed by atoms with Crippen LogP contribution in [0.15, 0.2) is 67.0 Å². The molecule has 6 heteroatoms. The number of anilines is 2. The maximum Gasteiger partial charge on any atom is 0.260 e. The average Bonchev–Trinajstić information content (AvgIpc) is 2.95. The summed E-state index contributed by atoms with van der Waals surface area (Å²) in [6.45, 7) is 0. The van der Waals surface area contributed by atoms with Gasteiger partial charge in [0.05, 0.1) is 24.7 Å². The van der Waals surface area contributed by atoms with E-state index in [0.717, 1.165) is 5.56 Å². The molecule has 0 saturated carbocycles. The minimum atomic E-state index is -0.393. The van der Waals surface area contributed by atoms with Gasteiger partial charge in [0.15, 0.2) is 0 Å². The van der Waals surface area contributed by atoms with Crippen molar-refractivity contribution in [2.45, 2.75) is 6.17 Å². The molecule has 2 aromatic carbocycles. The standard InChI is InChI=1S/C20H16ClN3O2/c1-26-18-9-8-13(21)11-17(18)23-19-15-6-2-3-7-16(15)20(25)24(19)14-5-4-10-22-12-14/h2-12,19,23H,1H3/t19-/m1/s1. The summed E-state index contributed by atoms with van der Waals surface area (Å²) in [7, 11) is 1.60. The average molecular weight is 366 g/mol. The summed E-state index contributed by atoms with van der Waals surface area (Å²) in [6.07, 6.45) is 2.96. The van der Waals surface area contributed by atoms with Crippen LogP contribution in [0.2, 0.25) is 5.02 Å². The Morgan fingerprint density at radius 1 is 1.15 bits per heavy atom. The molecule has 2 heterocycles. The van der Waals surface area contributed by atoms with Crippen molar-refractivity contribution in [3.8, 4) is 5.75 Å². The zero-order chi connectivity index (χ0) is 18.1. The molecule has 5 nitrogen and oxygen atoms in total. The van der Waals surface area contributed by atoms with Gasteiger partial charge in [-0.25, -0.2) is 0 Å². The second kappa shape index (κ2) is 6.69. The minimum absolute atomic E-state index is 0.0768. The first-order valence-electron chi connectivity index (χ1n) is 8.11. The summed E-state index contributed by atoms with van der Waals surface area (Å²) in [5.41, 5.74) is 2.98. The van der Waals surface area contributed by atoms with Gasteiger partial charge < -0.3 is 10.1 Å². The number of carbonyl (C=O) groups excluding carboxylic acids is 1. The first kappa shape index (κ1) is 16.4. The van der Waals surface area contributed by atoms with E-state index in [4.69, 9.17) is 16.3 Å². The number of benzene rings is 2. The van der Waals surface area contributed by atoms with Crippen LogP contribution in [-0.2, 0) is 0 Å². The van der Waals surface area contributed by atoms with Gasteiger partial charge in [0.2, 0.25) is 0 Å². The van der Waals surface area contributed by atoms with E-state index in [1.807, 2.05) is 36.4 Å². The summed E-state index contributed by atoms with van der Waals surface area (Å²) in [4.78, 5) is 18.9. The van der Waals surface area contributed by atoms with Gasteiger partial charge in [-0.05, 0) is 36.4 Å². The van der Waals surface area contributed by atoms with Crippen molar-refractivity contribution in [3.63, 3.8) is 0 Å². The van der Waals surface area contributed by atoms with Crippen molar-refractivity contribution in [1.29, 1.82) is 0 Å². The Morgan fingerprint density at radius 2 is 2.00 bits per heavy atom. The van der Waals surface area contributed by atoms with Crippen molar-refractivity contribution < 1.29 is 9.53 Å². The maximum atomic E-state index is 13.0. The summed E-state index contributed by atoms with van der Waals surface area (Å²) >= 11 is 6.16. The van der Waals surface area contributed by atoms with Crippen LogP contribution >= 0.6 is 11.6 Å². The zero-order valence-electron chi connectivity index (χ0n) is 14.0. The normalized spacial score (nSPS) is 15.7. The molecule has 130 valence electrons. The van der Waals surface area contributed by atoms with E-state index < -0.39 is 6.17 Å². The van der Waals surface area contributed by atoms with E-state index in [2.05, 4.69) is 10.3 Å². The number of methoxy groups -OCH3 is 1. The molecule has 0 saturated heterocycles. The van der Waals surface area contributed by atoms with Crippen LogP contribution in [0, 0.1) is 0 Å². The largest absolute Gasteiger partial charge is 0.495 e. The topological polar surface area (TPSA) is 54.5 Å². The molecule has 1 aromatic heterocycles. The second-order valence-corrected chi connectivity index (χ2v) is 6.30. The first-order chi connectivity index (χ1) is 12.7. The SMILES string of the molecule is COc1ccc(Cl)cc1N[C@H]1c2ccccc2C(=O)N1c1cccnc1. The Balaban J connectivity index is 1.81. The van der Waals surface area contributed by atoms with Crippen LogP contribution in [0.3, 0.4) is 0 Å². The van der Waals surface area contributed by atoms with Crippen LogP contribution in [0.25, 0.3) is 0 Å². The molecule has 1 aliphatic rings.